The van der Waals surface area contributed by atoms with E-state index in [0.29, 0.717) is 0 Å². The fourth-order valence-electron chi connectivity index (χ4n) is 1.84. The summed E-state index contributed by atoms with van der Waals surface area (Å²) in [7, 11) is 0. The number of rotatable bonds is 4. The Kier molecular flexibility index (Phi) is 6.54. The highest BCUT2D eigenvalue weighted by Gasteiger charge is 1.93. The Morgan fingerprint density at radius 1 is 0.900 bits per heavy atom. The molecule has 0 spiro atoms. The number of benzene rings is 2. The van der Waals surface area contributed by atoms with Crippen molar-refractivity contribution in [1.82, 2.24) is 0 Å². The Bertz CT molecular complexity index is 574. The third kappa shape index (κ3) is 5.29. The van der Waals surface area contributed by atoms with Gasteiger partial charge < -0.3 is 5.32 Å². The van der Waals surface area contributed by atoms with Crippen LogP contribution in [0.25, 0.3) is 0 Å². The number of para-hydroxylation sites is 2. The first-order chi connectivity index (χ1) is 9.24. The monoisotopic (exact) mass is 286 g/mol. The number of halogens is 1. The summed E-state index contributed by atoms with van der Waals surface area (Å²) in [4.78, 5) is 4.54. The van der Waals surface area contributed by atoms with Gasteiger partial charge in [0, 0.05) is 17.1 Å². The maximum atomic E-state index is 4.54. The van der Waals surface area contributed by atoms with E-state index in [-0.39, 0.29) is 12.4 Å². The van der Waals surface area contributed by atoms with Gasteiger partial charge in [-0.1, -0.05) is 36.4 Å². The predicted octanol–water partition coefficient (Wildman–Crippen LogP) is 5.22. The van der Waals surface area contributed by atoms with Gasteiger partial charge in [-0.05, 0) is 44.2 Å². The molecule has 2 aromatic carbocycles. The predicted molar refractivity (Wildman–Crippen MR) is 90.3 cm³/mol. The van der Waals surface area contributed by atoms with Crippen LogP contribution in [0.5, 0.6) is 0 Å². The van der Waals surface area contributed by atoms with Crippen molar-refractivity contribution in [3.05, 3.63) is 72.4 Å². The third-order valence-electron chi connectivity index (χ3n) is 2.60. The minimum atomic E-state index is 0. The van der Waals surface area contributed by atoms with Gasteiger partial charge in [0.15, 0.2) is 0 Å². The lowest BCUT2D eigenvalue weighted by atomic mass is 10.2. The molecule has 0 aliphatic carbocycles. The lowest BCUT2D eigenvalue weighted by molar-refractivity contribution is 1.37. The number of allylic oxidation sites excluding steroid dienone is 2. The van der Waals surface area contributed by atoms with E-state index in [0.717, 1.165) is 22.8 Å². The normalized spacial score (nSPS) is 11.7. The summed E-state index contributed by atoms with van der Waals surface area (Å²) in [6.45, 7) is 4.04. The molecule has 0 bridgehead atoms. The summed E-state index contributed by atoms with van der Waals surface area (Å²) in [5.74, 6) is 0. The Morgan fingerprint density at radius 2 is 1.45 bits per heavy atom. The molecule has 0 saturated carbocycles. The molecule has 3 heteroatoms. The summed E-state index contributed by atoms with van der Waals surface area (Å²) >= 11 is 0. The molecule has 0 saturated heterocycles. The molecule has 0 aromatic heterocycles. The molecule has 104 valence electrons. The van der Waals surface area contributed by atoms with Crippen molar-refractivity contribution in [2.24, 2.45) is 4.99 Å². The van der Waals surface area contributed by atoms with Crippen LogP contribution in [-0.2, 0) is 0 Å². The summed E-state index contributed by atoms with van der Waals surface area (Å²) < 4.78 is 0. The molecule has 0 atom stereocenters. The number of hydrogen-bond donors (Lipinski definition) is 1. The largest absolute Gasteiger partial charge is 0.359 e. The molecule has 2 rings (SSSR count). The maximum Gasteiger partial charge on any atom is 0.0632 e. The minimum Gasteiger partial charge on any atom is -0.359 e. The Balaban J connectivity index is 0.00000200. The SMILES string of the molecule is CC(=CC(C)=Nc1ccccc1)Nc1ccccc1.Cl. The lowest BCUT2D eigenvalue weighted by Gasteiger charge is -2.06. The number of nitrogens with one attached hydrogen (secondary N) is 1. The van der Waals surface area contributed by atoms with Gasteiger partial charge in [-0.3, -0.25) is 4.99 Å². The van der Waals surface area contributed by atoms with Crippen molar-refractivity contribution in [2.45, 2.75) is 13.8 Å². The topological polar surface area (TPSA) is 24.4 Å². The summed E-state index contributed by atoms with van der Waals surface area (Å²) in [6, 6.07) is 20.1. The van der Waals surface area contributed by atoms with Crippen LogP contribution >= 0.6 is 12.4 Å². The molecule has 0 unspecified atom stereocenters. The van der Waals surface area contributed by atoms with Crippen LogP contribution in [0, 0.1) is 0 Å². The Morgan fingerprint density at radius 3 is 2.05 bits per heavy atom. The van der Waals surface area contributed by atoms with Crippen molar-refractivity contribution in [3.8, 4) is 0 Å². The molecule has 0 amide bonds. The molecule has 2 aromatic rings. The van der Waals surface area contributed by atoms with E-state index >= 15 is 0 Å². The van der Waals surface area contributed by atoms with Crippen LogP contribution in [0.4, 0.5) is 11.4 Å². The first kappa shape index (κ1) is 16.0. The number of anilines is 1. The van der Waals surface area contributed by atoms with Crippen LogP contribution in [0.2, 0.25) is 0 Å². The fourth-order valence-corrected chi connectivity index (χ4v) is 1.84. The summed E-state index contributed by atoms with van der Waals surface area (Å²) in [5.41, 5.74) is 4.11. The van der Waals surface area contributed by atoms with Gasteiger partial charge in [0.1, 0.15) is 0 Å². The highest BCUT2D eigenvalue weighted by Crippen LogP contribution is 2.12. The van der Waals surface area contributed by atoms with E-state index < -0.39 is 0 Å². The second kappa shape index (κ2) is 8.18. The van der Waals surface area contributed by atoms with Crippen LogP contribution in [-0.4, -0.2) is 5.71 Å². The van der Waals surface area contributed by atoms with Gasteiger partial charge in [0.25, 0.3) is 0 Å². The molecular formula is C17H19ClN2. The second-order valence-corrected chi connectivity index (χ2v) is 4.41. The smallest absolute Gasteiger partial charge is 0.0632 e. The third-order valence-corrected chi connectivity index (χ3v) is 2.60. The van der Waals surface area contributed by atoms with Gasteiger partial charge >= 0.3 is 0 Å². The highest BCUT2D eigenvalue weighted by molar-refractivity contribution is 5.95. The van der Waals surface area contributed by atoms with Crippen molar-refractivity contribution in [2.75, 3.05) is 5.32 Å². The quantitative estimate of drug-likeness (QED) is 0.766. The zero-order valence-electron chi connectivity index (χ0n) is 11.7. The first-order valence-electron chi connectivity index (χ1n) is 6.35. The standard InChI is InChI=1S/C17H18N2.ClH/c1-14(18-16-9-5-3-6-10-16)13-15(2)19-17-11-7-4-8-12-17;/h3-13,18H,1-2H3;1H. The first-order valence-corrected chi connectivity index (χ1v) is 6.35. The highest BCUT2D eigenvalue weighted by atomic mass is 35.5. The number of hydrogen-bond acceptors (Lipinski definition) is 2. The Hall–Kier alpha value is -2.06. The van der Waals surface area contributed by atoms with Crippen LogP contribution < -0.4 is 5.32 Å². The van der Waals surface area contributed by atoms with E-state index in [9.17, 15) is 0 Å². The summed E-state index contributed by atoms with van der Waals surface area (Å²) in [5, 5.41) is 3.34. The molecule has 2 nitrogen and oxygen atoms in total. The molecule has 0 aliphatic heterocycles. The molecule has 0 heterocycles. The zero-order valence-corrected chi connectivity index (χ0v) is 12.5. The van der Waals surface area contributed by atoms with E-state index in [1.165, 1.54) is 0 Å². The number of nitrogens with zero attached hydrogens (tertiary/aromatic N) is 1. The number of aliphatic imine (C=N–C) groups is 1. The minimum absolute atomic E-state index is 0. The van der Waals surface area contributed by atoms with Gasteiger partial charge in [0.2, 0.25) is 0 Å². The van der Waals surface area contributed by atoms with E-state index in [4.69, 9.17) is 0 Å². The second-order valence-electron chi connectivity index (χ2n) is 4.41. The maximum absolute atomic E-state index is 4.54. The van der Waals surface area contributed by atoms with Crippen LogP contribution in [0.1, 0.15) is 13.8 Å². The van der Waals surface area contributed by atoms with Crippen LogP contribution in [0.15, 0.2) is 77.4 Å². The Labute approximate surface area is 126 Å². The molecule has 20 heavy (non-hydrogen) atoms. The van der Waals surface area contributed by atoms with Crippen molar-refractivity contribution in [1.29, 1.82) is 0 Å². The molecule has 0 fully saturated rings. The van der Waals surface area contributed by atoms with Crippen LogP contribution in [0.3, 0.4) is 0 Å². The van der Waals surface area contributed by atoms with Gasteiger partial charge in [-0.2, -0.15) is 0 Å². The molecule has 0 aliphatic rings. The molecule has 0 radical (unpaired) electrons. The lowest BCUT2D eigenvalue weighted by Crippen LogP contribution is -1.98. The zero-order chi connectivity index (χ0) is 13.5. The average Bonchev–Trinajstić information content (AvgIpc) is 2.40. The van der Waals surface area contributed by atoms with Crippen molar-refractivity contribution in [3.63, 3.8) is 0 Å². The van der Waals surface area contributed by atoms with E-state index in [1.807, 2.05) is 80.6 Å². The average molecular weight is 287 g/mol. The summed E-state index contributed by atoms with van der Waals surface area (Å²) in [6.07, 6.45) is 2.04. The van der Waals surface area contributed by atoms with Crippen molar-refractivity contribution >= 4 is 29.5 Å². The van der Waals surface area contributed by atoms with Gasteiger partial charge in [0.05, 0.1) is 5.69 Å². The van der Waals surface area contributed by atoms with E-state index in [2.05, 4.69) is 10.3 Å². The fraction of sp³-hybridized carbons (Fsp3) is 0.118. The van der Waals surface area contributed by atoms with E-state index in [1.54, 1.807) is 0 Å². The van der Waals surface area contributed by atoms with Gasteiger partial charge in [-0.15, -0.1) is 12.4 Å². The molecular weight excluding hydrogens is 268 g/mol. The molecule has 1 N–H and O–H groups in total. The van der Waals surface area contributed by atoms with Crippen molar-refractivity contribution < 1.29 is 0 Å². The van der Waals surface area contributed by atoms with Gasteiger partial charge in [-0.25, -0.2) is 0 Å².